The fourth-order valence-electron chi connectivity index (χ4n) is 2.19. The van der Waals surface area contributed by atoms with Crippen LogP contribution in [-0.2, 0) is 16.6 Å². The van der Waals surface area contributed by atoms with E-state index in [1.807, 2.05) is 6.92 Å². The van der Waals surface area contributed by atoms with Crippen LogP contribution in [0, 0.1) is 5.92 Å². The zero-order valence-electron chi connectivity index (χ0n) is 13.1. The second kappa shape index (κ2) is 6.89. The summed E-state index contributed by atoms with van der Waals surface area (Å²) < 4.78 is 27.1. The molecule has 1 aromatic heterocycles. The van der Waals surface area contributed by atoms with Crippen molar-refractivity contribution >= 4 is 10.0 Å². The highest BCUT2D eigenvalue weighted by atomic mass is 32.2. The van der Waals surface area contributed by atoms with E-state index in [9.17, 15) is 8.42 Å². The molecule has 2 N–H and O–H groups in total. The van der Waals surface area contributed by atoms with E-state index in [0.29, 0.717) is 31.6 Å². The maximum atomic E-state index is 12.8. The van der Waals surface area contributed by atoms with E-state index in [2.05, 4.69) is 29.4 Å². The van der Waals surface area contributed by atoms with Gasteiger partial charge in [-0.05, 0) is 18.8 Å². The molecule has 0 saturated heterocycles. The van der Waals surface area contributed by atoms with Gasteiger partial charge in [0.25, 0.3) is 10.0 Å². The maximum absolute atomic E-state index is 12.8. The van der Waals surface area contributed by atoms with Crippen molar-refractivity contribution in [2.24, 2.45) is 5.92 Å². The van der Waals surface area contributed by atoms with E-state index in [0.717, 1.165) is 12.0 Å². The van der Waals surface area contributed by atoms with Crippen molar-refractivity contribution in [3.8, 4) is 0 Å². The Morgan fingerprint density at radius 3 is 2.76 bits per heavy atom. The van der Waals surface area contributed by atoms with Gasteiger partial charge in [-0.15, -0.1) is 0 Å². The Balaban J connectivity index is 2.14. The fourth-order valence-corrected chi connectivity index (χ4v) is 3.87. The zero-order chi connectivity index (χ0) is 15.5. The Morgan fingerprint density at radius 2 is 2.19 bits per heavy atom. The third-order valence-corrected chi connectivity index (χ3v) is 5.96. The van der Waals surface area contributed by atoms with Gasteiger partial charge in [0, 0.05) is 31.2 Å². The molecule has 1 atom stereocenters. The molecule has 0 aliphatic heterocycles. The lowest BCUT2D eigenvalue weighted by atomic mass is 10.1. The Bertz CT molecular complexity index is 551. The summed E-state index contributed by atoms with van der Waals surface area (Å²) in [4.78, 5) is 0. The van der Waals surface area contributed by atoms with Crippen molar-refractivity contribution in [3.05, 3.63) is 11.8 Å². The van der Waals surface area contributed by atoms with Gasteiger partial charge in [-0.3, -0.25) is 5.10 Å². The molecule has 1 aliphatic carbocycles. The first kappa shape index (κ1) is 16.5. The predicted octanol–water partition coefficient (Wildman–Crippen LogP) is 1.72. The number of nitrogens with zero attached hydrogens (tertiary/aromatic N) is 2. The van der Waals surface area contributed by atoms with Crippen molar-refractivity contribution in [1.82, 2.24) is 19.8 Å². The van der Waals surface area contributed by atoms with Gasteiger partial charge in [0.1, 0.15) is 0 Å². The summed E-state index contributed by atoms with van der Waals surface area (Å²) in [6.07, 6.45) is 4.93. The van der Waals surface area contributed by atoms with Crippen molar-refractivity contribution in [1.29, 1.82) is 0 Å². The normalized spacial score (nSPS) is 17.3. The van der Waals surface area contributed by atoms with Crippen LogP contribution in [0.5, 0.6) is 0 Å². The molecule has 0 radical (unpaired) electrons. The summed E-state index contributed by atoms with van der Waals surface area (Å²) >= 11 is 0. The topological polar surface area (TPSA) is 78.1 Å². The molecule has 21 heavy (non-hydrogen) atoms. The molecule has 0 amide bonds. The van der Waals surface area contributed by atoms with E-state index in [1.54, 1.807) is 6.20 Å². The lowest BCUT2D eigenvalue weighted by Crippen LogP contribution is -2.35. The minimum atomic E-state index is -3.50. The summed E-state index contributed by atoms with van der Waals surface area (Å²) in [7, 11) is -3.50. The molecule has 0 aromatic carbocycles. The number of hydrogen-bond acceptors (Lipinski definition) is 4. The van der Waals surface area contributed by atoms with Crippen LogP contribution in [-0.4, -0.2) is 42.1 Å². The molecule has 1 heterocycles. The summed E-state index contributed by atoms with van der Waals surface area (Å²) in [6, 6.07) is 0.540. The third-order valence-electron chi connectivity index (χ3n) is 4.00. The van der Waals surface area contributed by atoms with Crippen LogP contribution in [0.25, 0.3) is 0 Å². The van der Waals surface area contributed by atoms with Crippen LogP contribution >= 0.6 is 0 Å². The molecule has 0 spiro atoms. The van der Waals surface area contributed by atoms with E-state index in [4.69, 9.17) is 0 Å². The molecule has 1 unspecified atom stereocenters. The van der Waals surface area contributed by atoms with E-state index in [1.165, 1.54) is 17.1 Å². The molecular formula is C14H26N4O2S. The highest BCUT2D eigenvalue weighted by Crippen LogP contribution is 2.22. The third kappa shape index (κ3) is 4.05. The molecule has 120 valence electrons. The van der Waals surface area contributed by atoms with E-state index >= 15 is 0 Å². The summed E-state index contributed by atoms with van der Waals surface area (Å²) in [5.41, 5.74) is 0.726. The summed E-state index contributed by atoms with van der Waals surface area (Å²) in [5, 5.41) is 10.2. The first-order valence-corrected chi connectivity index (χ1v) is 9.18. The van der Waals surface area contributed by atoms with Crippen molar-refractivity contribution < 1.29 is 8.42 Å². The Kier molecular flexibility index (Phi) is 5.40. The largest absolute Gasteiger partial charge is 0.310 e. The van der Waals surface area contributed by atoms with Crippen LogP contribution in [0.4, 0.5) is 0 Å². The van der Waals surface area contributed by atoms with Gasteiger partial charge in [-0.25, -0.2) is 8.42 Å². The van der Waals surface area contributed by atoms with E-state index < -0.39 is 10.0 Å². The standard InChI is InChI=1S/C14H26N4O2S/c1-4-11(3)10-18(5-2)21(19,20)14-12(9-16-17-14)8-15-13-6-7-13/h9,11,13,15H,4-8,10H2,1-3H3,(H,16,17). The van der Waals surface area contributed by atoms with Gasteiger partial charge < -0.3 is 5.32 Å². The average molecular weight is 314 g/mol. The quantitative estimate of drug-likeness (QED) is 0.727. The first-order valence-electron chi connectivity index (χ1n) is 7.74. The monoisotopic (exact) mass is 314 g/mol. The maximum Gasteiger partial charge on any atom is 0.260 e. The first-order chi connectivity index (χ1) is 9.98. The molecule has 2 rings (SSSR count). The minimum absolute atomic E-state index is 0.237. The van der Waals surface area contributed by atoms with Crippen LogP contribution < -0.4 is 5.32 Å². The number of aromatic nitrogens is 2. The fraction of sp³-hybridized carbons (Fsp3) is 0.786. The SMILES string of the molecule is CCC(C)CN(CC)S(=O)(=O)c1[nH]ncc1CNC1CC1. The van der Waals surface area contributed by atoms with Gasteiger partial charge >= 0.3 is 0 Å². The highest BCUT2D eigenvalue weighted by molar-refractivity contribution is 7.89. The summed E-state index contributed by atoms with van der Waals surface area (Å²) in [6.45, 7) is 7.59. The molecule has 0 bridgehead atoms. The number of aromatic amines is 1. The van der Waals surface area contributed by atoms with Crippen molar-refractivity contribution in [2.75, 3.05) is 13.1 Å². The summed E-state index contributed by atoms with van der Waals surface area (Å²) in [5.74, 6) is 0.343. The van der Waals surface area contributed by atoms with Crippen molar-refractivity contribution in [2.45, 2.75) is 57.6 Å². The smallest absolute Gasteiger partial charge is 0.260 e. The van der Waals surface area contributed by atoms with Gasteiger partial charge in [-0.2, -0.15) is 9.40 Å². The van der Waals surface area contributed by atoms with Crippen LogP contribution in [0.1, 0.15) is 45.6 Å². The second-order valence-electron chi connectivity index (χ2n) is 5.85. The molecular weight excluding hydrogens is 288 g/mol. The molecule has 1 saturated carbocycles. The lowest BCUT2D eigenvalue weighted by molar-refractivity contribution is 0.360. The lowest BCUT2D eigenvalue weighted by Gasteiger charge is -2.23. The molecule has 6 nitrogen and oxygen atoms in total. The average Bonchev–Trinajstić information content (AvgIpc) is 3.17. The molecule has 1 aliphatic rings. The number of hydrogen-bond donors (Lipinski definition) is 2. The Hall–Kier alpha value is -0.920. The van der Waals surface area contributed by atoms with Gasteiger partial charge in [-0.1, -0.05) is 27.2 Å². The number of nitrogens with one attached hydrogen (secondary N) is 2. The van der Waals surface area contributed by atoms with Gasteiger partial charge in [0.2, 0.25) is 0 Å². The number of sulfonamides is 1. The predicted molar refractivity (Wildman–Crippen MR) is 82.3 cm³/mol. The number of rotatable bonds is 9. The Morgan fingerprint density at radius 1 is 1.48 bits per heavy atom. The minimum Gasteiger partial charge on any atom is -0.310 e. The van der Waals surface area contributed by atoms with Crippen LogP contribution in [0.2, 0.25) is 0 Å². The van der Waals surface area contributed by atoms with Crippen molar-refractivity contribution in [3.63, 3.8) is 0 Å². The van der Waals surface area contributed by atoms with Gasteiger partial charge in [0.05, 0.1) is 6.20 Å². The molecule has 1 fully saturated rings. The zero-order valence-corrected chi connectivity index (χ0v) is 13.9. The Labute approximate surface area is 127 Å². The number of H-pyrrole nitrogens is 1. The second-order valence-corrected chi connectivity index (χ2v) is 7.72. The van der Waals surface area contributed by atoms with Crippen LogP contribution in [0.15, 0.2) is 11.2 Å². The molecule has 7 heteroatoms. The van der Waals surface area contributed by atoms with Gasteiger partial charge in [0.15, 0.2) is 5.03 Å². The van der Waals surface area contributed by atoms with E-state index in [-0.39, 0.29) is 5.03 Å². The highest BCUT2D eigenvalue weighted by Gasteiger charge is 2.29. The van der Waals surface area contributed by atoms with Crippen LogP contribution in [0.3, 0.4) is 0 Å². The molecule has 1 aromatic rings.